The number of aromatic nitrogens is 3. The van der Waals surface area contributed by atoms with Crippen molar-refractivity contribution >= 4 is 24.6 Å². The second-order valence-corrected chi connectivity index (χ2v) is 6.69. The lowest BCUT2D eigenvalue weighted by molar-refractivity contribution is -0.0979. The summed E-state index contributed by atoms with van der Waals surface area (Å²) in [6.07, 6.45) is 1.83. The molecular weight excluding hydrogens is 362 g/mol. The lowest BCUT2D eigenvalue weighted by Crippen LogP contribution is -2.19. The summed E-state index contributed by atoms with van der Waals surface area (Å²) in [5.41, 5.74) is 3.74. The van der Waals surface area contributed by atoms with E-state index in [0.29, 0.717) is 4.90 Å². The molecule has 0 unspecified atom stereocenters. The van der Waals surface area contributed by atoms with Crippen molar-refractivity contribution in [2.75, 3.05) is 19.4 Å². The maximum atomic E-state index is 12.2. The Morgan fingerprint density at radius 1 is 1.15 bits per heavy atom. The molecule has 0 fully saturated rings. The molecule has 0 saturated carbocycles. The molecule has 3 rings (SSSR count). The van der Waals surface area contributed by atoms with Crippen LogP contribution in [0.5, 0.6) is 0 Å². The molecular formula is C19H23N5O2S. The van der Waals surface area contributed by atoms with Crippen molar-refractivity contribution in [3.05, 3.63) is 58.5 Å². The largest absolute Gasteiger partial charge is 0.373 e. The molecule has 142 valence electrons. The Kier molecular flexibility index (Phi) is 6.98. The highest BCUT2D eigenvalue weighted by molar-refractivity contribution is 7.97. The number of benzene rings is 1. The van der Waals surface area contributed by atoms with E-state index in [2.05, 4.69) is 10.0 Å². The number of carbonyl (C=O) groups is 1. The third-order valence-corrected chi connectivity index (χ3v) is 4.71. The minimum Gasteiger partial charge on any atom is -0.373 e. The van der Waals surface area contributed by atoms with Crippen LogP contribution in [-0.2, 0) is 11.8 Å². The second kappa shape index (κ2) is 9.20. The van der Waals surface area contributed by atoms with Crippen LogP contribution in [0.2, 0.25) is 0 Å². The molecule has 0 saturated heterocycles. The molecule has 27 heavy (non-hydrogen) atoms. The first kappa shape index (κ1) is 20.5. The molecule has 8 heteroatoms. The Labute approximate surface area is 162 Å². The van der Waals surface area contributed by atoms with Crippen LogP contribution in [0.15, 0.2) is 52.3 Å². The monoisotopic (exact) mass is 385 g/mol. The summed E-state index contributed by atoms with van der Waals surface area (Å²) in [6.45, 7) is 4.03. The van der Waals surface area contributed by atoms with Crippen LogP contribution in [0.4, 0.5) is 5.82 Å². The summed E-state index contributed by atoms with van der Waals surface area (Å²) in [7, 11) is 5.44. The normalized spacial score (nSPS) is 10.2. The number of nitrogens with one attached hydrogen (secondary N) is 2. The first-order valence-corrected chi connectivity index (χ1v) is 9.04. The highest BCUT2D eigenvalue weighted by Gasteiger charge is 2.18. The average molecular weight is 385 g/mol. The van der Waals surface area contributed by atoms with Crippen LogP contribution in [0.25, 0.3) is 16.9 Å². The zero-order valence-corrected chi connectivity index (χ0v) is 16.6. The summed E-state index contributed by atoms with van der Waals surface area (Å²) < 4.78 is 6.45. The van der Waals surface area contributed by atoms with Gasteiger partial charge in [0.15, 0.2) is 0 Å². The molecule has 1 aromatic carbocycles. The van der Waals surface area contributed by atoms with Gasteiger partial charge in [0.25, 0.3) is 5.56 Å². The van der Waals surface area contributed by atoms with Gasteiger partial charge in [0.2, 0.25) is 0 Å². The summed E-state index contributed by atoms with van der Waals surface area (Å²) in [5, 5.41) is 8.03. The predicted molar refractivity (Wildman–Crippen MR) is 111 cm³/mol. The minimum atomic E-state index is -0.0305. The molecule has 0 aliphatic heterocycles. The minimum absolute atomic E-state index is 0.0305. The first-order chi connectivity index (χ1) is 13.1. The molecule has 0 spiro atoms. The van der Waals surface area contributed by atoms with Crippen LogP contribution in [0, 0.1) is 6.92 Å². The third-order valence-electron chi connectivity index (χ3n) is 4.00. The standard InChI is InChI=1S/C18H21N5OS.CH2O/c1-12-16(13-10-15(25-20-3)18(24)22(4)11-13)21-23(17(12)19-2)14-8-6-5-7-9-14;1-2/h5-11,19-20H,1-4H3;1H2. The molecule has 3 aromatic rings. The van der Waals surface area contributed by atoms with Crippen LogP contribution >= 0.6 is 11.9 Å². The van der Waals surface area contributed by atoms with Gasteiger partial charge in [-0.15, -0.1) is 0 Å². The molecule has 2 heterocycles. The van der Waals surface area contributed by atoms with E-state index in [1.54, 1.807) is 18.7 Å². The molecule has 2 aromatic heterocycles. The van der Waals surface area contributed by atoms with Crippen LogP contribution in [0.1, 0.15) is 5.56 Å². The van der Waals surface area contributed by atoms with E-state index in [1.807, 2.05) is 68.0 Å². The highest BCUT2D eigenvalue weighted by Crippen LogP contribution is 2.30. The summed E-state index contributed by atoms with van der Waals surface area (Å²) >= 11 is 1.31. The van der Waals surface area contributed by atoms with Crippen molar-refractivity contribution in [1.82, 2.24) is 19.1 Å². The van der Waals surface area contributed by atoms with Gasteiger partial charge in [0, 0.05) is 31.4 Å². The van der Waals surface area contributed by atoms with Gasteiger partial charge in [-0.1, -0.05) is 18.2 Å². The van der Waals surface area contributed by atoms with Gasteiger partial charge in [-0.25, -0.2) is 4.68 Å². The Hall–Kier alpha value is -2.84. The van der Waals surface area contributed by atoms with E-state index in [4.69, 9.17) is 9.89 Å². The number of para-hydroxylation sites is 1. The van der Waals surface area contributed by atoms with Gasteiger partial charge in [0.05, 0.1) is 16.3 Å². The van der Waals surface area contributed by atoms with E-state index < -0.39 is 0 Å². The lowest BCUT2D eigenvalue weighted by Gasteiger charge is -2.07. The van der Waals surface area contributed by atoms with Gasteiger partial charge >= 0.3 is 0 Å². The molecule has 0 radical (unpaired) electrons. The van der Waals surface area contributed by atoms with Crippen molar-refractivity contribution in [2.24, 2.45) is 7.05 Å². The fourth-order valence-electron chi connectivity index (χ4n) is 2.81. The summed E-state index contributed by atoms with van der Waals surface area (Å²) in [4.78, 5) is 20.9. The molecule has 0 aliphatic rings. The van der Waals surface area contributed by atoms with E-state index in [1.165, 1.54) is 11.9 Å². The average Bonchev–Trinajstić information content (AvgIpc) is 3.04. The van der Waals surface area contributed by atoms with Gasteiger partial charge in [-0.3, -0.25) is 9.52 Å². The SMILES string of the molecule is C=O.CNSc1cc(-c2nn(-c3ccccc3)c(NC)c2C)cn(C)c1=O. The maximum Gasteiger partial charge on any atom is 0.265 e. The number of rotatable bonds is 5. The van der Waals surface area contributed by atoms with Crippen molar-refractivity contribution in [3.8, 4) is 16.9 Å². The molecule has 0 atom stereocenters. The zero-order valence-electron chi connectivity index (χ0n) is 15.8. The quantitative estimate of drug-likeness (QED) is 0.657. The molecule has 2 N–H and O–H groups in total. The Morgan fingerprint density at radius 2 is 1.81 bits per heavy atom. The fourth-order valence-corrected chi connectivity index (χ4v) is 3.45. The van der Waals surface area contributed by atoms with E-state index in [9.17, 15) is 4.79 Å². The Morgan fingerprint density at radius 3 is 2.41 bits per heavy atom. The van der Waals surface area contributed by atoms with Gasteiger partial charge in [-0.05, 0) is 44.1 Å². The Bertz CT molecular complexity index is 966. The molecule has 7 nitrogen and oxygen atoms in total. The van der Waals surface area contributed by atoms with E-state index in [-0.39, 0.29) is 5.56 Å². The van der Waals surface area contributed by atoms with Crippen LogP contribution < -0.4 is 15.6 Å². The molecule has 0 amide bonds. The summed E-state index contributed by atoms with van der Waals surface area (Å²) in [6, 6.07) is 11.9. The van der Waals surface area contributed by atoms with Crippen LogP contribution in [0.3, 0.4) is 0 Å². The lowest BCUT2D eigenvalue weighted by atomic mass is 10.1. The predicted octanol–water partition coefficient (Wildman–Crippen LogP) is 2.63. The number of hydrogen-bond acceptors (Lipinski definition) is 6. The number of aryl methyl sites for hydroxylation is 1. The number of anilines is 1. The number of carbonyl (C=O) groups excluding carboxylic acids is 1. The molecule has 0 aliphatic carbocycles. The van der Waals surface area contributed by atoms with Crippen molar-refractivity contribution in [1.29, 1.82) is 0 Å². The number of pyridine rings is 1. The van der Waals surface area contributed by atoms with Crippen molar-refractivity contribution in [3.63, 3.8) is 0 Å². The molecule has 0 bridgehead atoms. The smallest absolute Gasteiger partial charge is 0.265 e. The van der Waals surface area contributed by atoms with E-state index >= 15 is 0 Å². The van der Waals surface area contributed by atoms with Crippen molar-refractivity contribution in [2.45, 2.75) is 11.8 Å². The maximum absolute atomic E-state index is 12.2. The van der Waals surface area contributed by atoms with E-state index in [0.717, 1.165) is 28.3 Å². The topological polar surface area (TPSA) is 81.0 Å². The number of nitrogens with zero attached hydrogens (tertiary/aromatic N) is 3. The van der Waals surface area contributed by atoms with Gasteiger partial charge < -0.3 is 14.7 Å². The second-order valence-electron chi connectivity index (χ2n) is 5.63. The van der Waals surface area contributed by atoms with Gasteiger partial charge in [0.1, 0.15) is 12.6 Å². The highest BCUT2D eigenvalue weighted by atomic mass is 32.2. The first-order valence-electron chi connectivity index (χ1n) is 8.23. The zero-order chi connectivity index (χ0) is 20.0. The Balaban J connectivity index is 0.00000126. The van der Waals surface area contributed by atoms with Gasteiger partial charge in [-0.2, -0.15) is 5.10 Å². The summed E-state index contributed by atoms with van der Waals surface area (Å²) in [5.74, 6) is 0.929. The van der Waals surface area contributed by atoms with Crippen molar-refractivity contribution < 1.29 is 4.79 Å². The van der Waals surface area contributed by atoms with Crippen LogP contribution in [-0.4, -0.2) is 35.2 Å². The number of hydrogen-bond donors (Lipinski definition) is 2. The third kappa shape index (κ3) is 4.12. The fraction of sp³-hybridized carbons (Fsp3) is 0.211.